The summed E-state index contributed by atoms with van der Waals surface area (Å²) in [6.45, 7) is 1.60. The summed E-state index contributed by atoms with van der Waals surface area (Å²) in [5, 5.41) is 5.78. The molecule has 3 rings (SSSR count). The molecule has 0 aliphatic carbocycles. The average molecular weight is 374 g/mol. The van der Waals surface area contributed by atoms with Crippen LogP contribution in [0, 0.1) is 5.92 Å². The number of carbonyl (C=O) groups excluding carboxylic acids is 2. The molecule has 0 bridgehead atoms. The fourth-order valence-electron chi connectivity index (χ4n) is 2.99. The minimum absolute atomic E-state index is 0.0272. The van der Waals surface area contributed by atoms with Gasteiger partial charge >= 0.3 is 0 Å². The van der Waals surface area contributed by atoms with Gasteiger partial charge in [0.1, 0.15) is 11.6 Å². The number of carbonyl (C=O) groups is 2. The summed E-state index contributed by atoms with van der Waals surface area (Å²) >= 11 is 1.52. The molecule has 0 aromatic carbocycles. The van der Waals surface area contributed by atoms with Crippen molar-refractivity contribution in [3.63, 3.8) is 0 Å². The van der Waals surface area contributed by atoms with E-state index in [-0.39, 0.29) is 24.3 Å². The van der Waals surface area contributed by atoms with Gasteiger partial charge in [0.05, 0.1) is 18.2 Å². The van der Waals surface area contributed by atoms with Crippen LogP contribution in [0.25, 0.3) is 11.3 Å². The Morgan fingerprint density at radius 2 is 2.19 bits per heavy atom. The van der Waals surface area contributed by atoms with Gasteiger partial charge < -0.3 is 15.0 Å². The Bertz CT molecular complexity index is 750. The second kappa shape index (κ2) is 8.86. The Labute approximate surface area is 156 Å². The van der Waals surface area contributed by atoms with E-state index in [1.165, 1.54) is 18.4 Å². The fraction of sp³-hybridized carbons (Fsp3) is 0.444. The molecule has 2 amide bonds. The molecule has 3 heterocycles. The molecule has 1 aliphatic rings. The van der Waals surface area contributed by atoms with Crippen molar-refractivity contribution in [2.75, 3.05) is 26.8 Å². The van der Waals surface area contributed by atoms with Crippen molar-refractivity contribution < 1.29 is 14.3 Å². The van der Waals surface area contributed by atoms with Crippen molar-refractivity contribution in [3.8, 4) is 11.3 Å². The van der Waals surface area contributed by atoms with E-state index in [1.54, 1.807) is 17.3 Å². The number of pyridine rings is 1. The van der Waals surface area contributed by atoms with Gasteiger partial charge in [0, 0.05) is 43.5 Å². The smallest absolute Gasteiger partial charge is 0.248 e. The second-order valence-corrected chi connectivity index (χ2v) is 7.13. The molecule has 1 fully saturated rings. The molecule has 1 aliphatic heterocycles. The first kappa shape index (κ1) is 18.5. The minimum atomic E-state index is -0.177. The van der Waals surface area contributed by atoms with Gasteiger partial charge in [-0.2, -0.15) is 0 Å². The zero-order valence-electron chi connectivity index (χ0n) is 14.7. The van der Waals surface area contributed by atoms with E-state index < -0.39 is 0 Å². The van der Waals surface area contributed by atoms with E-state index in [9.17, 15) is 9.59 Å². The van der Waals surface area contributed by atoms with Gasteiger partial charge in [0.25, 0.3) is 0 Å². The van der Waals surface area contributed by atoms with Gasteiger partial charge in [-0.15, -0.1) is 11.3 Å². The first-order valence-electron chi connectivity index (χ1n) is 8.56. The number of nitrogens with zero attached hydrogens (tertiary/aromatic N) is 3. The monoisotopic (exact) mass is 374 g/mol. The zero-order valence-corrected chi connectivity index (χ0v) is 15.5. The number of likely N-dealkylation sites (tertiary alicyclic amines) is 1. The lowest BCUT2D eigenvalue weighted by molar-refractivity contribution is -0.139. The number of methoxy groups -OCH3 is 1. The molecular weight excluding hydrogens is 352 g/mol. The molecule has 138 valence electrons. The number of hydrogen-bond acceptors (Lipinski definition) is 6. The molecule has 0 saturated carbocycles. The van der Waals surface area contributed by atoms with Gasteiger partial charge in [-0.05, 0) is 25.0 Å². The minimum Gasteiger partial charge on any atom is -0.375 e. The molecule has 1 atom stereocenters. The van der Waals surface area contributed by atoms with Crippen LogP contribution in [0.1, 0.15) is 17.8 Å². The quantitative estimate of drug-likeness (QED) is 0.832. The van der Waals surface area contributed by atoms with Crippen LogP contribution in [-0.2, 0) is 20.9 Å². The van der Waals surface area contributed by atoms with Crippen molar-refractivity contribution >= 4 is 23.2 Å². The van der Waals surface area contributed by atoms with E-state index >= 15 is 0 Å². The van der Waals surface area contributed by atoms with Crippen molar-refractivity contribution in [1.29, 1.82) is 0 Å². The lowest BCUT2D eigenvalue weighted by atomic mass is 9.97. The number of aromatic nitrogens is 2. The number of amides is 2. The molecule has 26 heavy (non-hydrogen) atoms. The van der Waals surface area contributed by atoms with Crippen LogP contribution in [0.3, 0.4) is 0 Å². The predicted molar refractivity (Wildman–Crippen MR) is 98.4 cm³/mol. The van der Waals surface area contributed by atoms with E-state index in [0.717, 1.165) is 29.1 Å². The second-order valence-electron chi connectivity index (χ2n) is 6.19. The van der Waals surface area contributed by atoms with Crippen LogP contribution in [0.2, 0.25) is 0 Å². The standard InChI is InChI=1S/C18H22N4O3S/c1-25-11-17(23)22-8-2-3-14(10-22)18(24)20-9-16-21-15(12-26-16)13-4-6-19-7-5-13/h4-7,12,14H,2-3,8-11H2,1H3,(H,20,24). The van der Waals surface area contributed by atoms with Gasteiger partial charge in [-0.3, -0.25) is 14.6 Å². The fourth-order valence-corrected chi connectivity index (χ4v) is 3.73. The number of hydrogen-bond donors (Lipinski definition) is 1. The zero-order chi connectivity index (χ0) is 18.4. The lowest BCUT2D eigenvalue weighted by Crippen LogP contribution is -2.46. The summed E-state index contributed by atoms with van der Waals surface area (Å²) in [5.74, 6) is -0.267. The highest BCUT2D eigenvalue weighted by Crippen LogP contribution is 2.21. The lowest BCUT2D eigenvalue weighted by Gasteiger charge is -2.31. The Morgan fingerprint density at radius 1 is 1.38 bits per heavy atom. The third-order valence-corrected chi connectivity index (χ3v) is 5.20. The van der Waals surface area contributed by atoms with Crippen molar-refractivity contribution in [3.05, 3.63) is 34.9 Å². The van der Waals surface area contributed by atoms with E-state index in [2.05, 4.69) is 15.3 Å². The summed E-state index contributed by atoms with van der Waals surface area (Å²) < 4.78 is 4.89. The third kappa shape index (κ3) is 4.64. The average Bonchev–Trinajstić information content (AvgIpc) is 3.16. The Kier molecular flexibility index (Phi) is 6.30. The molecule has 2 aromatic rings. The number of ether oxygens (including phenoxy) is 1. The molecule has 0 spiro atoms. The molecule has 2 aromatic heterocycles. The van der Waals surface area contributed by atoms with Crippen molar-refractivity contribution in [2.45, 2.75) is 19.4 Å². The van der Waals surface area contributed by atoms with E-state index in [1.807, 2.05) is 17.5 Å². The molecule has 8 heteroatoms. The molecule has 1 saturated heterocycles. The number of thiazole rings is 1. The topological polar surface area (TPSA) is 84.4 Å². The van der Waals surface area contributed by atoms with Crippen LogP contribution in [-0.4, -0.2) is 53.5 Å². The van der Waals surface area contributed by atoms with Gasteiger partial charge in [0.15, 0.2) is 0 Å². The van der Waals surface area contributed by atoms with Crippen LogP contribution in [0.5, 0.6) is 0 Å². The maximum absolute atomic E-state index is 12.5. The number of rotatable bonds is 6. The summed E-state index contributed by atoms with van der Waals surface area (Å²) in [6, 6.07) is 3.82. The van der Waals surface area contributed by atoms with Gasteiger partial charge in [0.2, 0.25) is 11.8 Å². The summed E-state index contributed by atoms with van der Waals surface area (Å²) in [4.78, 5) is 34.7. The van der Waals surface area contributed by atoms with Crippen LogP contribution < -0.4 is 5.32 Å². The molecule has 1 unspecified atom stereocenters. The first-order chi connectivity index (χ1) is 12.7. The number of nitrogens with one attached hydrogen (secondary N) is 1. The van der Waals surface area contributed by atoms with Gasteiger partial charge in [-0.1, -0.05) is 0 Å². The van der Waals surface area contributed by atoms with E-state index in [0.29, 0.717) is 19.6 Å². The summed E-state index contributed by atoms with van der Waals surface area (Å²) in [5.41, 5.74) is 1.89. The van der Waals surface area contributed by atoms with Crippen molar-refractivity contribution in [2.24, 2.45) is 5.92 Å². The highest BCUT2D eigenvalue weighted by Gasteiger charge is 2.28. The Hall–Kier alpha value is -2.32. The maximum Gasteiger partial charge on any atom is 0.248 e. The maximum atomic E-state index is 12.5. The molecule has 7 nitrogen and oxygen atoms in total. The van der Waals surface area contributed by atoms with Crippen LogP contribution in [0.15, 0.2) is 29.9 Å². The van der Waals surface area contributed by atoms with Crippen molar-refractivity contribution in [1.82, 2.24) is 20.2 Å². The molecule has 1 N–H and O–H groups in total. The SMILES string of the molecule is COCC(=O)N1CCCC(C(=O)NCc2nc(-c3ccncc3)cs2)C1. The number of piperidine rings is 1. The highest BCUT2D eigenvalue weighted by molar-refractivity contribution is 7.09. The summed E-state index contributed by atoms with van der Waals surface area (Å²) in [7, 11) is 1.50. The summed E-state index contributed by atoms with van der Waals surface area (Å²) in [6.07, 6.45) is 5.09. The van der Waals surface area contributed by atoms with Crippen LogP contribution in [0.4, 0.5) is 0 Å². The first-order valence-corrected chi connectivity index (χ1v) is 9.44. The predicted octanol–water partition coefficient (Wildman–Crippen LogP) is 1.71. The molecule has 0 radical (unpaired) electrons. The largest absolute Gasteiger partial charge is 0.375 e. The Balaban J connectivity index is 1.52. The molecular formula is C18H22N4O3S. The van der Waals surface area contributed by atoms with Gasteiger partial charge in [-0.25, -0.2) is 4.98 Å². The van der Waals surface area contributed by atoms with E-state index in [4.69, 9.17) is 4.74 Å². The van der Waals surface area contributed by atoms with Crippen LogP contribution >= 0.6 is 11.3 Å². The third-order valence-electron chi connectivity index (χ3n) is 4.35. The Morgan fingerprint density at radius 3 is 2.96 bits per heavy atom. The highest BCUT2D eigenvalue weighted by atomic mass is 32.1. The normalized spacial score (nSPS) is 17.1.